The zero-order valence-corrected chi connectivity index (χ0v) is 31.6. The van der Waals surface area contributed by atoms with Crippen LogP contribution in [0, 0.1) is 0 Å². The van der Waals surface area contributed by atoms with Gasteiger partial charge in [0.2, 0.25) is 0 Å². The highest BCUT2D eigenvalue weighted by Gasteiger charge is 2.44. The summed E-state index contributed by atoms with van der Waals surface area (Å²) in [6.07, 6.45) is 28.6. The van der Waals surface area contributed by atoms with Crippen LogP contribution in [0.25, 0.3) is 0 Å². The zero-order valence-electron chi connectivity index (χ0n) is 31.6. The molecule has 51 heavy (non-hydrogen) atoms. The van der Waals surface area contributed by atoms with E-state index in [1.54, 1.807) is 0 Å². The first kappa shape index (κ1) is 46.7. The molecule has 1 saturated heterocycles. The highest BCUT2D eigenvalue weighted by molar-refractivity contribution is 5.70. The first-order valence-electron chi connectivity index (χ1n) is 19.7. The predicted molar refractivity (Wildman–Crippen MR) is 201 cm³/mol. The highest BCUT2D eigenvalue weighted by Crippen LogP contribution is 2.22. The standard InChI is InChI=1S/C41H70O10/c1-3-5-7-9-11-12-13-14-15-16-17-18-19-20-21-22-24-25-27-29-36(43)48-32-34(50-37(44)30-28-26-23-10-8-6-4-2)33-49-41-40(47)39(46)38(45)35(31-42)51-41/h11-12,14-15,17-18,20-21,34-35,38-42,45-47H,3-10,13,16,19,22-33H2,1-2H3/b12-11+,15-14+,18-17+,21-20+/t34-,35-,38+,39?,40?,41-/m0/s1. The summed E-state index contributed by atoms with van der Waals surface area (Å²) in [6.45, 7) is 3.28. The Morgan fingerprint density at radius 3 is 1.69 bits per heavy atom. The minimum absolute atomic E-state index is 0.220. The van der Waals surface area contributed by atoms with Crippen molar-refractivity contribution >= 4 is 11.9 Å². The average molecular weight is 723 g/mol. The van der Waals surface area contributed by atoms with Crippen LogP contribution < -0.4 is 0 Å². The fourth-order valence-corrected chi connectivity index (χ4v) is 5.52. The average Bonchev–Trinajstić information content (AvgIpc) is 3.13. The van der Waals surface area contributed by atoms with Crippen LogP contribution in [0.2, 0.25) is 0 Å². The summed E-state index contributed by atoms with van der Waals surface area (Å²) in [6, 6.07) is 0. The lowest BCUT2D eigenvalue weighted by molar-refractivity contribution is -0.305. The van der Waals surface area contributed by atoms with E-state index in [9.17, 15) is 30.0 Å². The maximum Gasteiger partial charge on any atom is 0.306 e. The number of aliphatic hydroxyl groups excluding tert-OH is 4. The predicted octanol–water partition coefficient (Wildman–Crippen LogP) is 7.32. The van der Waals surface area contributed by atoms with Gasteiger partial charge >= 0.3 is 11.9 Å². The normalized spacial score (nSPS) is 21.7. The van der Waals surface area contributed by atoms with Crippen LogP contribution in [0.15, 0.2) is 48.6 Å². The first-order valence-corrected chi connectivity index (χ1v) is 19.7. The number of rotatable bonds is 31. The summed E-state index contributed by atoms with van der Waals surface area (Å²) in [4.78, 5) is 25.1. The van der Waals surface area contributed by atoms with E-state index in [0.29, 0.717) is 12.8 Å². The highest BCUT2D eigenvalue weighted by atomic mass is 16.7. The van der Waals surface area contributed by atoms with Gasteiger partial charge in [-0.05, 0) is 57.8 Å². The van der Waals surface area contributed by atoms with E-state index in [-0.39, 0.29) is 26.1 Å². The van der Waals surface area contributed by atoms with Crippen molar-refractivity contribution in [1.29, 1.82) is 0 Å². The number of aliphatic hydroxyl groups is 4. The second kappa shape index (κ2) is 32.3. The van der Waals surface area contributed by atoms with Crippen molar-refractivity contribution in [2.75, 3.05) is 19.8 Å². The van der Waals surface area contributed by atoms with Crippen molar-refractivity contribution in [3.8, 4) is 0 Å². The van der Waals surface area contributed by atoms with Gasteiger partial charge in [-0.2, -0.15) is 0 Å². The molecule has 1 rings (SSSR count). The molecule has 0 amide bonds. The van der Waals surface area contributed by atoms with Crippen LogP contribution in [-0.4, -0.2) is 89.0 Å². The maximum atomic E-state index is 12.6. The van der Waals surface area contributed by atoms with Crippen LogP contribution in [0.1, 0.15) is 142 Å². The molecule has 0 aliphatic carbocycles. The summed E-state index contributed by atoms with van der Waals surface area (Å²) < 4.78 is 21.9. The van der Waals surface area contributed by atoms with Crippen molar-refractivity contribution in [2.24, 2.45) is 0 Å². The lowest BCUT2D eigenvalue weighted by Gasteiger charge is -2.39. The number of carbonyl (C=O) groups excluding carboxylic acids is 2. The molecule has 1 heterocycles. The molecule has 1 aliphatic rings. The summed E-state index contributed by atoms with van der Waals surface area (Å²) >= 11 is 0. The monoisotopic (exact) mass is 722 g/mol. The maximum absolute atomic E-state index is 12.6. The summed E-state index contributed by atoms with van der Waals surface area (Å²) in [5.41, 5.74) is 0. The van der Waals surface area contributed by atoms with Gasteiger partial charge in [-0.1, -0.05) is 120 Å². The van der Waals surface area contributed by atoms with Gasteiger partial charge in [-0.25, -0.2) is 0 Å². The Hall–Kier alpha value is -2.34. The van der Waals surface area contributed by atoms with E-state index < -0.39 is 55.4 Å². The lowest BCUT2D eigenvalue weighted by atomic mass is 9.99. The number of hydrogen-bond donors (Lipinski definition) is 4. The van der Waals surface area contributed by atoms with Gasteiger partial charge < -0.3 is 39.4 Å². The molecule has 1 fully saturated rings. The van der Waals surface area contributed by atoms with E-state index in [4.69, 9.17) is 18.9 Å². The van der Waals surface area contributed by atoms with Crippen LogP contribution in [0.3, 0.4) is 0 Å². The number of ether oxygens (including phenoxy) is 4. The van der Waals surface area contributed by atoms with Gasteiger partial charge in [0.05, 0.1) is 13.2 Å². The summed E-state index contributed by atoms with van der Waals surface area (Å²) in [5.74, 6) is -0.854. The first-order chi connectivity index (χ1) is 24.8. The molecule has 6 atom stereocenters. The molecule has 0 aromatic carbocycles. The minimum Gasteiger partial charge on any atom is -0.462 e. The smallest absolute Gasteiger partial charge is 0.306 e. The zero-order chi connectivity index (χ0) is 37.4. The third-order valence-electron chi connectivity index (χ3n) is 8.72. The van der Waals surface area contributed by atoms with Crippen molar-refractivity contribution in [1.82, 2.24) is 0 Å². The summed E-state index contributed by atoms with van der Waals surface area (Å²) in [5, 5.41) is 39.8. The third kappa shape index (κ3) is 24.5. The Bertz CT molecular complexity index is 975. The molecule has 0 radical (unpaired) electrons. The van der Waals surface area contributed by atoms with Crippen LogP contribution >= 0.6 is 0 Å². The minimum atomic E-state index is -1.60. The van der Waals surface area contributed by atoms with Gasteiger partial charge in [-0.15, -0.1) is 0 Å². The largest absolute Gasteiger partial charge is 0.462 e. The molecule has 0 aromatic heterocycles. The van der Waals surface area contributed by atoms with Gasteiger partial charge in [0, 0.05) is 12.8 Å². The second-order valence-corrected chi connectivity index (χ2v) is 13.4. The Morgan fingerprint density at radius 2 is 1.10 bits per heavy atom. The van der Waals surface area contributed by atoms with E-state index >= 15 is 0 Å². The molecule has 294 valence electrons. The molecule has 0 aromatic rings. The Balaban J connectivity index is 2.35. The van der Waals surface area contributed by atoms with Crippen LogP contribution in [0.5, 0.6) is 0 Å². The van der Waals surface area contributed by atoms with Crippen molar-refractivity contribution in [3.63, 3.8) is 0 Å². The lowest BCUT2D eigenvalue weighted by Crippen LogP contribution is -2.59. The quantitative estimate of drug-likeness (QED) is 0.0325. The molecule has 0 bridgehead atoms. The number of esters is 2. The van der Waals surface area contributed by atoms with Crippen LogP contribution in [-0.2, 0) is 28.5 Å². The second-order valence-electron chi connectivity index (χ2n) is 13.4. The third-order valence-corrected chi connectivity index (χ3v) is 8.72. The van der Waals surface area contributed by atoms with Crippen molar-refractivity contribution < 1.29 is 49.0 Å². The molecule has 10 nitrogen and oxygen atoms in total. The topological polar surface area (TPSA) is 152 Å². The van der Waals surface area contributed by atoms with E-state index in [2.05, 4.69) is 62.5 Å². The molecule has 0 spiro atoms. The fraction of sp³-hybridized carbons (Fsp3) is 0.756. The van der Waals surface area contributed by atoms with Crippen molar-refractivity contribution in [2.45, 2.75) is 179 Å². The molecular weight excluding hydrogens is 652 g/mol. The SMILES string of the molecule is CCCCC/C=C/C/C=C/C/C=C/C/C=C/CCCCCC(=O)OC[C@@H](CO[C@H]1O[C@@H](CO)[C@@H](O)C(O)C1O)OC(=O)CCCCCCCCC. The Kier molecular flexibility index (Phi) is 29.6. The van der Waals surface area contributed by atoms with E-state index in [0.717, 1.165) is 57.8 Å². The molecular formula is C41H70O10. The van der Waals surface area contributed by atoms with E-state index in [1.807, 2.05) is 0 Å². The van der Waals surface area contributed by atoms with Gasteiger partial charge in [0.25, 0.3) is 0 Å². The molecule has 10 heteroatoms. The fourth-order valence-electron chi connectivity index (χ4n) is 5.52. The Morgan fingerprint density at radius 1 is 0.608 bits per heavy atom. The van der Waals surface area contributed by atoms with Gasteiger partial charge in [0.15, 0.2) is 12.4 Å². The Labute approximate surface area is 308 Å². The number of unbranched alkanes of at least 4 members (excludes halogenated alkanes) is 12. The summed E-state index contributed by atoms with van der Waals surface area (Å²) in [7, 11) is 0. The van der Waals surface area contributed by atoms with E-state index in [1.165, 1.54) is 44.9 Å². The molecule has 2 unspecified atom stereocenters. The number of allylic oxidation sites excluding steroid dienone is 8. The van der Waals surface area contributed by atoms with Crippen molar-refractivity contribution in [3.05, 3.63) is 48.6 Å². The van der Waals surface area contributed by atoms with Gasteiger partial charge in [0.1, 0.15) is 31.0 Å². The van der Waals surface area contributed by atoms with Gasteiger partial charge in [-0.3, -0.25) is 9.59 Å². The number of hydrogen-bond acceptors (Lipinski definition) is 10. The molecule has 1 aliphatic heterocycles. The molecule has 4 N–H and O–H groups in total. The number of carbonyl (C=O) groups is 2. The van der Waals surface area contributed by atoms with Crippen LogP contribution in [0.4, 0.5) is 0 Å². The molecule has 0 saturated carbocycles.